The second-order valence-electron chi connectivity index (χ2n) is 4.62. The topological polar surface area (TPSA) is 59.3 Å². The Morgan fingerprint density at radius 1 is 1.28 bits per heavy atom. The van der Waals surface area contributed by atoms with Crippen molar-refractivity contribution in [3.8, 4) is 0 Å². The molecule has 0 aromatic carbocycles. The van der Waals surface area contributed by atoms with Crippen molar-refractivity contribution < 1.29 is 9.90 Å². The summed E-state index contributed by atoms with van der Waals surface area (Å²) < 4.78 is 2.64. The third kappa shape index (κ3) is 1.89. The summed E-state index contributed by atoms with van der Waals surface area (Å²) in [5, 5.41) is 9.00. The van der Waals surface area contributed by atoms with Crippen LogP contribution in [0.25, 0.3) is 9.53 Å². The number of carboxylic acids is 1. The molecule has 3 rings (SSSR count). The van der Waals surface area contributed by atoms with Gasteiger partial charge < -0.3 is 5.11 Å². The molecule has 0 unspecified atom stereocenters. The first kappa shape index (κ1) is 11.9. The van der Waals surface area contributed by atoms with Gasteiger partial charge in [0.15, 0.2) is 0 Å². The number of thiophene rings is 1. The number of hydrogen-bond donors (Lipinski definition) is 1. The highest BCUT2D eigenvalue weighted by Crippen LogP contribution is 2.34. The van der Waals surface area contributed by atoms with Crippen LogP contribution in [0.15, 0.2) is 10.9 Å². The number of carboxylic acid groups (broad SMARTS) is 1. The van der Waals surface area contributed by atoms with Crippen LogP contribution in [0.3, 0.4) is 0 Å². The zero-order valence-electron chi connectivity index (χ0n) is 9.72. The summed E-state index contributed by atoms with van der Waals surface area (Å²) in [7, 11) is 0. The lowest BCUT2D eigenvalue weighted by molar-refractivity contribution is 0.0702. The van der Waals surface area contributed by atoms with E-state index in [1.807, 2.05) is 4.57 Å². The molecule has 2 aromatic rings. The molecule has 1 fully saturated rings. The zero-order chi connectivity index (χ0) is 12.7. The van der Waals surface area contributed by atoms with Gasteiger partial charge in [0.2, 0.25) is 0 Å². The molecule has 2 aromatic heterocycles. The fraction of sp³-hybridized carbons (Fsp3) is 0.500. The molecule has 4 nitrogen and oxygen atoms in total. The van der Waals surface area contributed by atoms with E-state index in [9.17, 15) is 9.59 Å². The third-order valence-corrected chi connectivity index (χ3v) is 5.60. The number of rotatable bonds is 2. The van der Waals surface area contributed by atoms with Crippen molar-refractivity contribution in [2.45, 2.75) is 38.1 Å². The van der Waals surface area contributed by atoms with E-state index >= 15 is 0 Å². The van der Waals surface area contributed by atoms with E-state index in [2.05, 4.69) is 0 Å². The summed E-state index contributed by atoms with van der Waals surface area (Å²) in [6.45, 7) is 0. The minimum Gasteiger partial charge on any atom is -0.477 e. The third-order valence-electron chi connectivity index (χ3n) is 3.44. The van der Waals surface area contributed by atoms with Crippen LogP contribution in [0.2, 0.25) is 0 Å². The van der Waals surface area contributed by atoms with Crippen molar-refractivity contribution in [3.05, 3.63) is 20.6 Å². The molecule has 0 aliphatic heterocycles. The molecule has 0 atom stereocenters. The molecular weight excluding hydrogens is 270 g/mol. The normalized spacial score (nSPS) is 17.3. The smallest absolute Gasteiger partial charge is 0.345 e. The Morgan fingerprint density at radius 2 is 2.00 bits per heavy atom. The zero-order valence-corrected chi connectivity index (χ0v) is 11.4. The molecule has 1 saturated carbocycles. The Hall–Kier alpha value is -1.14. The van der Waals surface area contributed by atoms with Crippen LogP contribution in [0.4, 0.5) is 0 Å². The Labute approximate surface area is 111 Å². The molecule has 0 bridgehead atoms. The van der Waals surface area contributed by atoms with Crippen molar-refractivity contribution in [1.29, 1.82) is 0 Å². The van der Waals surface area contributed by atoms with Gasteiger partial charge in [0, 0.05) is 6.04 Å². The molecule has 0 spiro atoms. The molecule has 96 valence electrons. The Kier molecular flexibility index (Phi) is 2.99. The quantitative estimate of drug-likeness (QED) is 0.919. The van der Waals surface area contributed by atoms with Gasteiger partial charge >= 0.3 is 10.8 Å². The highest BCUT2D eigenvalue weighted by Gasteiger charge is 2.22. The fourth-order valence-electron chi connectivity index (χ4n) is 2.59. The highest BCUT2D eigenvalue weighted by atomic mass is 32.1. The van der Waals surface area contributed by atoms with Gasteiger partial charge in [0.25, 0.3) is 0 Å². The van der Waals surface area contributed by atoms with Gasteiger partial charge in [-0.15, -0.1) is 11.3 Å². The second-order valence-corrected chi connectivity index (χ2v) is 6.64. The average molecular weight is 283 g/mol. The summed E-state index contributed by atoms with van der Waals surface area (Å²) in [6.07, 6.45) is 5.62. The molecule has 0 saturated heterocycles. The van der Waals surface area contributed by atoms with E-state index < -0.39 is 5.97 Å². The first-order chi connectivity index (χ1) is 8.66. The van der Waals surface area contributed by atoms with Crippen LogP contribution in [-0.4, -0.2) is 15.6 Å². The predicted octanol–water partition coefficient (Wildman–Crippen LogP) is 3.33. The van der Waals surface area contributed by atoms with Gasteiger partial charge in [0.05, 0.1) is 4.70 Å². The number of aromatic nitrogens is 1. The molecule has 1 aliphatic carbocycles. The minimum absolute atomic E-state index is 0.0556. The lowest BCUT2D eigenvalue weighted by Crippen LogP contribution is -2.21. The van der Waals surface area contributed by atoms with Crippen LogP contribution in [0.1, 0.15) is 47.8 Å². The van der Waals surface area contributed by atoms with Gasteiger partial charge in [-0.3, -0.25) is 9.36 Å². The molecule has 6 heteroatoms. The molecule has 1 N–H and O–H groups in total. The standard InChI is InChI=1S/C12H13NO3S2/c14-11(15)9-6-8-10(17-9)13(12(16)18-8)7-4-2-1-3-5-7/h6-7H,1-5H2,(H,14,15). The molecule has 2 heterocycles. The fourth-order valence-corrected chi connectivity index (χ4v) is 4.83. The van der Waals surface area contributed by atoms with Gasteiger partial charge in [-0.1, -0.05) is 30.6 Å². The molecule has 18 heavy (non-hydrogen) atoms. The van der Waals surface area contributed by atoms with Gasteiger partial charge in [-0.05, 0) is 18.9 Å². The van der Waals surface area contributed by atoms with Crippen molar-refractivity contribution in [2.75, 3.05) is 0 Å². The van der Waals surface area contributed by atoms with Crippen LogP contribution in [0, 0.1) is 0 Å². The number of nitrogens with zero attached hydrogens (tertiary/aromatic N) is 1. The highest BCUT2D eigenvalue weighted by molar-refractivity contribution is 7.27. The molecular formula is C12H13NO3S2. The maximum Gasteiger partial charge on any atom is 0.345 e. The maximum absolute atomic E-state index is 12.0. The van der Waals surface area contributed by atoms with E-state index in [-0.39, 0.29) is 10.9 Å². The van der Waals surface area contributed by atoms with Crippen LogP contribution < -0.4 is 4.87 Å². The van der Waals surface area contributed by atoms with Crippen LogP contribution in [0.5, 0.6) is 0 Å². The summed E-state index contributed by atoms with van der Waals surface area (Å²) in [5.41, 5.74) is 0. The summed E-state index contributed by atoms with van der Waals surface area (Å²) in [5.74, 6) is -0.911. The lowest BCUT2D eigenvalue weighted by Gasteiger charge is -2.22. The Balaban J connectivity index is 2.11. The second kappa shape index (κ2) is 4.51. The predicted molar refractivity (Wildman–Crippen MR) is 73.0 cm³/mol. The van der Waals surface area contributed by atoms with Crippen LogP contribution >= 0.6 is 22.7 Å². The van der Waals surface area contributed by atoms with E-state index in [1.165, 1.54) is 29.1 Å². The van der Waals surface area contributed by atoms with E-state index in [1.54, 1.807) is 6.07 Å². The number of thiazole rings is 1. The Morgan fingerprint density at radius 3 is 2.67 bits per heavy atom. The molecule has 0 amide bonds. The summed E-state index contributed by atoms with van der Waals surface area (Å²) >= 11 is 2.39. The SMILES string of the molecule is O=C(O)c1cc2sc(=O)n(C3CCCCC3)c2s1. The van der Waals surface area contributed by atoms with Gasteiger partial charge in [0.1, 0.15) is 9.71 Å². The average Bonchev–Trinajstić information content (AvgIpc) is 2.86. The first-order valence-electron chi connectivity index (χ1n) is 6.05. The van der Waals surface area contributed by atoms with Crippen molar-refractivity contribution in [2.24, 2.45) is 0 Å². The minimum atomic E-state index is -0.911. The Bertz CT molecular complexity index is 646. The van der Waals surface area contributed by atoms with E-state index in [0.29, 0.717) is 4.88 Å². The van der Waals surface area contributed by atoms with E-state index in [4.69, 9.17) is 5.11 Å². The molecule has 0 radical (unpaired) electrons. The van der Waals surface area contributed by atoms with Crippen LogP contribution in [-0.2, 0) is 0 Å². The first-order valence-corrected chi connectivity index (χ1v) is 7.68. The summed E-state index contributed by atoms with van der Waals surface area (Å²) in [6, 6.07) is 1.88. The van der Waals surface area contributed by atoms with Crippen molar-refractivity contribution in [3.63, 3.8) is 0 Å². The van der Waals surface area contributed by atoms with Crippen molar-refractivity contribution >= 4 is 38.2 Å². The number of carbonyl (C=O) groups is 1. The van der Waals surface area contributed by atoms with Gasteiger partial charge in [-0.25, -0.2) is 4.79 Å². The summed E-state index contributed by atoms with van der Waals surface area (Å²) in [4.78, 5) is 24.2. The maximum atomic E-state index is 12.0. The number of aromatic carboxylic acids is 1. The van der Waals surface area contributed by atoms with Gasteiger partial charge in [-0.2, -0.15) is 0 Å². The number of hydrogen-bond acceptors (Lipinski definition) is 4. The number of fused-ring (bicyclic) bond motifs is 1. The van der Waals surface area contributed by atoms with Crippen molar-refractivity contribution in [1.82, 2.24) is 4.57 Å². The lowest BCUT2D eigenvalue weighted by atomic mass is 9.95. The monoisotopic (exact) mass is 283 g/mol. The largest absolute Gasteiger partial charge is 0.477 e. The van der Waals surface area contributed by atoms with E-state index in [0.717, 1.165) is 35.2 Å². The molecule has 1 aliphatic rings.